The minimum atomic E-state index is -0.189. The third-order valence-electron chi connectivity index (χ3n) is 4.75. The highest BCUT2D eigenvalue weighted by atomic mass is 35.5. The zero-order chi connectivity index (χ0) is 13.3. The quantitative estimate of drug-likeness (QED) is 0.898. The van der Waals surface area contributed by atoms with Gasteiger partial charge in [-0.15, -0.1) is 24.8 Å². The molecule has 2 aliphatic heterocycles. The van der Waals surface area contributed by atoms with Gasteiger partial charge in [-0.3, -0.25) is 9.48 Å². The molecule has 3 heterocycles. The van der Waals surface area contributed by atoms with E-state index in [1.807, 2.05) is 24.1 Å². The van der Waals surface area contributed by atoms with Crippen LogP contribution in [0.3, 0.4) is 0 Å². The maximum atomic E-state index is 12.4. The van der Waals surface area contributed by atoms with E-state index in [2.05, 4.69) is 10.4 Å². The lowest BCUT2D eigenvalue weighted by Gasteiger charge is -2.39. The number of carbonyl (C=O) groups is 1. The summed E-state index contributed by atoms with van der Waals surface area (Å²) in [5.74, 6) is 0.199. The number of likely N-dealkylation sites (tertiary alicyclic amines) is 1. The Balaban J connectivity index is 0.00000110. The van der Waals surface area contributed by atoms with Crippen LogP contribution in [0.25, 0.3) is 0 Å². The number of nitrogens with one attached hydrogen (secondary N) is 1. The van der Waals surface area contributed by atoms with E-state index < -0.39 is 0 Å². The Morgan fingerprint density at radius 3 is 2.52 bits per heavy atom. The third kappa shape index (κ3) is 3.71. The van der Waals surface area contributed by atoms with Crippen molar-refractivity contribution >= 4 is 30.7 Å². The summed E-state index contributed by atoms with van der Waals surface area (Å²) in [4.78, 5) is 14.5. The van der Waals surface area contributed by atoms with Crippen LogP contribution in [-0.4, -0.2) is 46.8 Å². The van der Waals surface area contributed by atoms with Crippen LogP contribution in [0, 0.1) is 5.41 Å². The molecule has 1 atom stereocenters. The zero-order valence-corrected chi connectivity index (χ0v) is 14.0. The van der Waals surface area contributed by atoms with Gasteiger partial charge in [-0.25, -0.2) is 0 Å². The van der Waals surface area contributed by atoms with E-state index in [0.717, 1.165) is 39.0 Å². The van der Waals surface area contributed by atoms with Crippen LogP contribution in [0.15, 0.2) is 18.5 Å². The molecule has 0 aromatic carbocycles. The molecule has 2 saturated heterocycles. The van der Waals surface area contributed by atoms with Gasteiger partial charge in [0, 0.05) is 32.0 Å². The SMILES string of the molecule is CC(C(=O)N1CCC2(CCNC2)CC1)n1cccn1.Cl.Cl. The van der Waals surface area contributed by atoms with Crippen molar-refractivity contribution in [1.82, 2.24) is 20.0 Å². The Labute approximate surface area is 138 Å². The van der Waals surface area contributed by atoms with Crippen LogP contribution in [0.5, 0.6) is 0 Å². The van der Waals surface area contributed by atoms with Crippen LogP contribution in [0.4, 0.5) is 0 Å². The maximum Gasteiger partial charge on any atom is 0.247 e. The standard InChI is InChI=1S/C14H22N4O.2ClH/c1-12(18-8-2-6-16-18)13(19)17-9-4-14(5-10-17)3-7-15-11-14;;/h2,6,8,12,15H,3-5,7,9-11H2,1H3;2*1H. The zero-order valence-electron chi connectivity index (χ0n) is 12.3. The number of rotatable bonds is 2. The van der Waals surface area contributed by atoms with Gasteiger partial charge in [0.15, 0.2) is 0 Å². The van der Waals surface area contributed by atoms with Gasteiger partial charge in [0.1, 0.15) is 6.04 Å². The molecule has 0 bridgehead atoms. The summed E-state index contributed by atoms with van der Waals surface area (Å²) in [6.45, 7) is 5.98. The van der Waals surface area contributed by atoms with E-state index in [1.54, 1.807) is 10.9 Å². The number of nitrogens with zero attached hydrogens (tertiary/aromatic N) is 3. The number of amides is 1. The summed E-state index contributed by atoms with van der Waals surface area (Å²) in [6.07, 6.45) is 7.12. The second-order valence-corrected chi connectivity index (χ2v) is 5.91. The summed E-state index contributed by atoms with van der Waals surface area (Å²) in [5.41, 5.74) is 0.464. The molecular weight excluding hydrogens is 311 g/mol. The highest BCUT2D eigenvalue weighted by Gasteiger charge is 2.38. The number of hydrogen-bond acceptors (Lipinski definition) is 3. The Kier molecular flexibility index (Phi) is 6.50. The molecule has 21 heavy (non-hydrogen) atoms. The molecular formula is C14H24Cl2N4O. The Morgan fingerprint density at radius 1 is 1.29 bits per heavy atom. The number of aromatic nitrogens is 2. The van der Waals surface area contributed by atoms with Gasteiger partial charge in [-0.1, -0.05) is 0 Å². The van der Waals surface area contributed by atoms with Crippen molar-refractivity contribution in [1.29, 1.82) is 0 Å². The molecule has 1 N–H and O–H groups in total. The number of hydrogen-bond donors (Lipinski definition) is 1. The number of halogens is 2. The first-order valence-electron chi connectivity index (χ1n) is 7.19. The number of carbonyl (C=O) groups excluding carboxylic acids is 1. The highest BCUT2D eigenvalue weighted by Crippen LogP contribution is 2.37. The minimum Gasteiger partial charge on any atom is -0.341 e. The van der Waals surface area contributed by atoms with Crippen LogP contribution in [0.2, 0.25) is 0 Å². The largest absolute Gasteiger partial charge is 0.341 e. The molecule has 1 aromatic heterocycles. The molecule has 0 aliphatic carbocycles. The molecule has 2 aliphatic rings. The average molecular weight is 335 g/mol. The van der Waals surface area contributed by atoms with Crippen molar-refractivity contribution in [3.05, 3.63) is 18.5 Å². The van der Waals surface area contributed by atoms with Gasteiger partial charge >= 0.3 is 0 Å². The molecule has 1 unspecified atom stereocenters. The van der Waals surface area contributed by atoms with Gasteiger partial charge in [-0.2, -0.15) is 5.10 Å². The van der Waals surface area contributed by atoms with Crippen LogP contribution in [0.1, 0.15) is 32.2 Å². The van der Waals surface area contributed by atoms with Gasteiger partial charge < -0.3 is 10.2 Å². The van der Waals surface area contributed by atoms with Crippen LogP contribution >= 0.6 is 24.8 Å². The Morgan fingerprint density at radius 2 is 2.00 bits per heavy atom. The van der Waals surface area contributed by atoms with E-state index in [9.17, 15) is 4.79 Å². The van der Waals surface area contributed by atoms with Gasteiger partial charge in [0.2, 0.25) is 5.91 Å². The smallest absolute Gasteiger partial charge is 0.247 e. The predicted molar refractivity (Wildman–Crippen MR) is 87.2 cm³/mol. The van der Waals surface area contributed by atoms with Crippen molar-refractivity contribution in [2.75, 3.05) is 26.2 Å². The monoisotopic (exact) mass is 334 g/mol. The first-order valence-corrected chi connectivity index (χ1v) is 7.19. The molecule has 0 saturated carbocycles. The summed E-state index contributed by atoms with van der Waals surface area (Å²) in [5, 5.41) is 7.62. The van der Waals surface area contributed by atoms with E-state index >= 15 is 0 Å². The van der Waals surface area contributed by atoms with Crippen molar-refractivity contribution in [3.63, 3.8) is 0 Å². The van der Waals surface area contributed by atoms with Crippen LogP contribution < -0.4 is 5.32 Å². The van der Waals surface area contributed by atoms with Gasteiger partial charge in [0.05, 0.1) is 0 Å². The summed E-state index contributed by atoms with van der Waals surface area (Å²) < 4.78 is 1.74. The molecule has 1 spiro atoms. The first-order chi connectivity index (χ1) is 9.20. The molecule has 3 rings (SSSR count). The minimum absolute atomic E-state index is 0. The lowest BCUT2D eigenvalue weighted by atomic mass is 9.78. The second-order valence-electron chi connectivity index (χ2n) is 5.91. The fourth-order valence-electron chi connectivity index (χ4n) is 3.31. The predicted octanol–water partition coefficient (Wildman–Crippen LogP) is 1.89. The van der Waals surface area contributed by atoms with E-state index in [-0.39, 0.29) is 36.8 Å². The lowest BCUT2D eigenvalue weighted by molar-refractivity contribution is -0.136. The second kappa shape index (κ2) is 7.47. The fraction of sp³-hybridized carbons (Fsp3) is 0.714. The normalized spacial score (nSPS) is 21.5. The Bertz CT molecular complexity index is 436. The molecule has 2 fully saturated rings. The molecule has 7 heteroatoms. The summed E-state index contributed by atoms with van der Waals surface area (Å²) >= 11 is 0. The Hall–Kier alpha value is -0.780. The topological polar surface area (TPSA) is 50.2 Å². The molecule has 1 aromatic rings. The number of piperidine rings is 1. The van der Waals surface area contributed by atoms with Crippen LogP contribution in [-0.2, 0) is 4.79 Å². The summed E-state index contributed by atoms with van der Waals surface area (Å²) in [6, 6.07) is 1.67. The van der Waals surface area contributed by atoms with Crippen molar-refractivity contribution < 1.29 is 4.79 Å². The van der Waals surface area contributed by atoms with Crippen molar-refractivity contribution in [2.45, 2.75) is 32.2 Å². The molecule has 5 nitrogen and oxygen atoms in total. The van der Waals surface area contributed by atoms with Crippen molar-refractivity contribution in [3.8, 4) is 0 Å². The lowest BCUT2D eigenvalue weighted by Crippen LogP contribution is -2.46. The first kappa shape index (κ1) is 18.3. The van der Waals surface area contributed by atoms with Gasteiger partial charge in [0.25, 0.3) is 0 Å². The molecule has 120 valence electrons. The van der Waals surface area contributed by atoms with E-state index in [4.69, 9.17) is 0 Å². The summed E-state index contributed by atoms with van der Waals surface area (Å²) in [7, 11) is 0. The highest BCUT2D eigenvalue weighted by molar-refractivity contribution is 5.85. The van der Waals surface area contributed by atoms with E-state index in [1.165, 1.54) is 6.42 Å². The van der Waals surface area contributed by atoms with E-state index in [0.29, 0.717) is 5.41 Å². The third-order valence-corrected chi connectivity index (χ3v) is 4.75. The molecule has 0 radical (unpaired) electrons. The maximum absolute atomic E-state index is 12.4. The molecule has 1 amide bonds. The van der Waals surface area contributed by atoms with Crippen molar-refractivity contribution in [2.24, 2.45) is 5.41 Å². The van der Waals surface area contributed by atoms with Gasteiger partial charge in [-0.05, 0) is 44.2 Å². The average Bonchev–Trinajstić information content (AvgIpc) is 3.10. The fourth-order valence-corrected chi connectivity index (χ4v) is 3.31.